The number of aromatic nitrogens is 3. The van der Waals surface area contributed by atoms with Crippen molar-refractivity contribution in [2.75, 3.05) is 19.7 Å². The predicted molar refractivity (Wildman–Crippen MR) is 65.3 cm³/mol. The number of aryl methyl sites for hydroxylation is 1. The molecular weight excluding hydrogens is 216 g/mol. The van der Waals surface area contributed by atoms with Gasteiger partial charge in [-0.1, -0.05) is 12.1 Å². The minimum atomic E-state index is 0.168. The molecule has 1 N–H and O–H groups in total. The van der Waals surface area contributed by atoms with Crippen LogP contribution in [0.5, 0.6) is 0 Å². The van der Waals surface area contributed by atoms with E-state index in [1.807, 2.05) is 17.9 Å². The lowest BCUT2D eigenvalue weighted by molar-refractivity contribution is 0.0374. The molecule has 0 unspecified atom stereocenters. The Labute approximate surface area is 102 Å². The smallest absolute Gasteiger partial charge is 0.0738 e. The first kappa shape index (κ1) is 12.5. The minimum Gasteiger partial charge on any atom is -0.396 e. The summed E-state index contributed by atoms with van der Waals surface area (Å²) in [6.07, 6.45) is 5.08. The van der Waals surface area contributed by atoms with Crippen LogP contribution >= 0.6 is 0 Å². The van der Waals surface area contributed by atoms with Crippen LogP contribution in [-0.2, 0) is 13.6 Å². The summed E-state index contributed by atoms with van der Waals surface area (Å²) in [7, 11) is 1.93. The number of rotatable bonds is 4. The van der Waals surface area contributed by atoms with Crippen molar-refractivity contribution >= 4 is 0 Å². The van der Waals surface area contributed by atoms with Crippen LogP contribution in [0.15, 0.2) is 6.20 Å². The fraction of sp³-hybridized carbons (Fsp3) is 0.833. The summed E-state index contributed by atoms with van der Waals surface area (Å²) in [6, 6.07) is 0. The Balaban J connectivity index is 1.89. The van der Waals surface area contributed by atoms with Crippen LogP contribution in [0.2, 0.25) is 0 Å². The van der Waals surface area contributed by atoms with Crippen molar-refractivity contribution in [1.29, 1.82) is 0 Å². The maximum absolute atomic E-state index is 9.49. The fourth-order valence-corrected chi connectivity index (χ4v) is 2.49. The molecule has 0 amide bonds. The number of hydrogen-bond acceptors (Lipinski definition) is 4. The standard InChI is InChI=1S/C12H22N4O/c1-3-12(10-17)4-6-16(7-5-12)9-11-8-13-14-15(11)2/h8,17H,3-7,9-10H2,1-2H3. The predicted octanol–water partition coefficient (Wildman–Crippen LogP) is 0.800. The minimum absolute atomic E-state index is 0.168. The Morgan fingerprint density at radius 1 is 1.41 bits per heavy atom. The second-order valence-corrected chi connectivity index (χ2v) is 5.14. The lowest BCUT2D eigenvalue weighted by Gasteiger charge is -2.40. The van der Waals surface area contributed by atoms with Gasteiger partial charge in [0.05, 0.1) is 11.9 Å². The van der Waals surface area contributed by atoms with E-state index in [-0.39, 0.29) is 5.41 Å². The highest BCUT2D eigenvalue weighted by Crippen LogP contribution is 2.34. The fourth-order valence-electron chi connectivity index (χ4n) is 2.49. The summed E-state index contributed by atoms with van der Waals surface area (Å²) in [5.41, 5.74) is 1.32. The zero-order valence-corrected chi connectivity index (χ0v) is 10.8. The van der Waals surface area contributed by atoms with Gasteiger partial charge in [-0.05, 0) is 37.8 Å². The average Bonchev–Trinajstić information content (AvgIpc) is 2.77. The molecule has 5 nitrogen and oxygen atoms in total. The summed E-state index contributed by atoms with van der Waals surface area (Å²) in [5, 5.41) is 17.3. The van der Waals surface area contributed by atoms with Crippen LogP contribution in [0.1, 0.15) is 31.9 Å². The van der Waals surface area contributed by atoms with Crippen molar-refractivity contribution in [3.63, 3.8) is 0 Å². The summed E-state index contributed by atoms with van der Waals surface area (Å²) >= 11 is 0. The van der Waals surface area contributed by atoms with Crippen molar-refractivity contribution in [3.8, 4) is 0 Å². The first-order valence-corrected chi connectivity index (χ1v) is 6.36. The van der Waals surface area contributed by atoms with Crippen LogP contribution in [0, 0.1) is 5.41 Å². The highest BCUT2D eigenvalue weighted by molar-refractivity contribution is 4.94. The van der Waals surface area contributed by atoms with Gasteiger partial charge in [0.2, 0.25) is 0 Å². The Bertz CT molecular complexity index is 349. The molecule has 0 aromatic carbocycles. The van der Waals surface area contributed by atoms with Crippen LogP contribution in [-0.4, -0.2) is 44.7 Å². The largest absolute Gasteiger partial charge is 0.396 e. The third-order valence-electron chi connectivity index (χ3n) is 4.20. The third kappa shape index (κ3) is 2.66. The molecule has 1 aliphatic heterocycles. The zero-order chi connectivity index (χ0) is 12.3. The quantitative estimate of drug-likeness (QED) is 0.843. The molecule has 96 valence electrons. The number of hydrogen-bond donors (Lipinski definition) is 1. The summed E-state index contributed by atoms with van der Waals surface area (Å²) in [6.45, 7) is 5.52. The van der Waals surface area contributed by atoms with Gasteiger partial charge in [0.25, 0.3) is 0 Å². The van der Waals surface area contributed by atoms with Crippen LogP contribution in [0.4, 0.5) is 0 Å². The Kier molecular flexibility index (Phi) is 3.79. The molecule has 1 saturated heterocycles. The monoisotopic (exact) mass is 238 g/mol. The third-order valence-corrected chi connectivity index (χ3v) is 4.20. The average molecular weight is 238 g/mol. The molecule has 2 heterocycles. The van der Waals surface area contributed by atoms with Gasteiger partial charge in [0, 0.05) is 20.2 Å². The molecule has 1 aromatic rings. The summed E-state index contributed by atoms with van der Waals surface area (Å²) < 4.78 is 1.83. The van der Waals surface area contributed by atoms with E-state index in [0.29, 0.717) is 6.61 Å². The van der Waals surface area contributed by atoms with Gasteiger partial charge in [-0.25, -0.2) is 0 Å². The van der Waals surface area contributed by atoms with Crippen molar-refractivity contribution in [2.45, 2.75) is 32.7 Å². The van der Waals surface area contributed by atoms with Crippen molar-refractivity contribution in [1.82, 2.24) is 19.9 Å². The van der Waals surface area contributed by atoms with Crippen molar-refractivity contribution in [3.05, 3.63) is 11.9 Å². The maximum Gasteiger partial charge on any atom is 0.0738 e. The van der Waals surface area contributed by atoms with Crippen LogP contribution < -0.4 is 0 Å². The topological polar surface area (TPSA) is 54.2 Å². The zero-order valence-electron chi connectivity index (χ0n) is 10.8. The molecule has 1 fully saturated rings. The highest BCUT2D eigenvalue weighted by atomic mass is 16.3. The lowest BCUT2D eigenvalue weighted by atomic mass is 9.77. The van der Waals surface area contributed by atoms with Crippen molar-refractivity contribution < 1.29 is 5.11 Å². The van der Waals surface area contributed by atoms with Crippen LogP contribution in [0.25, 0.3) is 0 Å². The molecule has 0 saturated carbocycles. The molecule has 0 aliphatic carbocycles. The van der Waals surface area contributed by atoms with Gasteiger partial charge >= 0.3 is 0 Å². The van der Waals surface area contributed by atoms with E-state index in [9.17, 15) is 5.11 Å². The highest BCUT2D eigenvalue weighted by Gasteiger charge is 2.32. The van der Waals surface area contributed by atoms with Gasteiger partial charge in [-0.2, -0.15) is 0 Å². The number of nitrogens with zero attached hydrogens (tertiary/aromatic N) is 4. The van der Waals surface area contributed by atoms with Gasteiger partial charge < -0.3 is 5.11 Å². The molecule has 5 heteroatoms. The molecule has 17 heavy (non-hydrogen) atoms. The van der Waals surface area contributed by atoms with Gasteiger partial charge in [-0.15, -0.1) is 5.10 Å². The molecule has 0 bridgehead atoms. The second kappa shape index (κ2) is 5.14. The van der Waals surface area contributed by atoms with E-state index >= 15 is 0 Å². The summed E-state index contributed by atoms with van der Waals surface area (Å²) in [4.78, 5) is 2.42. The molecule has 0 atom stereocenters. The normalized spacial score (nSPS) is 20.6. The van der Waals surface area contributed by atoms with E-state index in [2.05, 4.69) is 22.1 Å². The molecule has 1 aromatic heterocycles. The second-order valence-electron chi connectivity index (χ2n) is 5.14. The summed E-state index contributed by atoms with van der Waals surface area (Å²) in [5.74, 6) is 0. The molecule has 1 aliphatic rings. The molecule has 0 radical (unpaired) electrons. The van der Waals surface area contributed by atoms with Crippen LogP contribution in [0.3, 0.4) is 0 Å². The Morgan fingerprint density at radius 3 is 2.59 bits per heavy atom. The first-order chi connectivity index (χ1) is 8.19. The van der Waals surface area contributed by atoms with Crippen molar-refractivity contribution in [2.24, 2.45) is 12.5 Å². The number of likely N-dealkylation sites (tertiary alicyclic amines) is 1. The molecular formula is C12H22N4O. The van der Waals surface area contributed by atoms with E-state index in [0.717, 1.165) is 44.6 Å². The lowest BCUT2D eigenvalue weighted by Crippen LogP contribution is -2.41. The van der Waals surface area contributed by atoms with E-state index in [1.54, 1.807) is 0 Å². The number of piperidine rings is 1. The molecule has 2 rings (SSSR count). The van der Waals surface area contributed by atoms with E-state index in [4.69, 9.17) is 0 Å². The van der Waals surface area contributed by atoms with Gasteiger partial charge in [0.1, 0.15) is 0 Å². The maximum atomic E-state index is 9.49. The Morgan fingerprint density at radius 2 is 2.12 bits per heavy atom. The van der Waals surface area contributed by atoms with Gasteiger partial charge in [0.15, 0.2) is 0 Å². The first-order valence-electron chi connectivity index (χ1n) is 6.36. The van der Waals surface area contributed by atoms with Gasteiger partial charge in [-0.3, -0.25) is 9.58 Å². The molecule has 0 spiro atoms. The van der Waals surface area contributed by atoms with E-state index < -0.39 is 0 Å². The Hall–Kier alpha value is -0.940. The number of aliphatic hydroxyl groups is 1. The SMILES string of the molecule is CCC1(CO)CCN(Cc2cnnn2C)CC1. The van der Waals surface area contributed by atoms with E-state index in [1.165, 1.54) is 0 Å². The number of aliphatic hydroxyl groups excluding tert-OH is 1.